The Balaban J connectivity index is 1.89. The van der Waals surface area contributed by atoms with Crippen molar-refractivity contribution in [1.82, 2.24) is 0 Å². The molecule has 1 aromatic heterocycles. The van der Waals surface area contributed by atoms with Crippen LogP contribution in [0.1, 0.15) is 26.3 Å². The van der Waals surface area contributed by atoms with Gasteiger partial charge in [0.1, 0.15) is 0 Å². The number of pyridine rings is 1. The number of carbonyl (C=O) groups excluding carboxylic acids is 1. The van der Waals surface area contributed by atoms with Crippen molar-refractivity contribution in [2.24, 2.45) is 5.92 Å². The normalized spacial score (nSPS) is 17.8. The van der Waals surface area contributed by atoms with Crippen LogP contribution in [0, 0.1) is 11.1 Å². The lowest BCUT2D eigenvalue weighted by Gasteiger charge is -2.28. The summed E-state index contributed by atoms with van der Waals surface area (Å²) in [6.07, 6.45) is 2.35. The maximum atomic E-state index is 13.3. The molecule has 0 aliphatic carbocycles. The van der Waals surface area contributed by atoms with Crippen molar-refractivity contribution in [1.29, 1.82) is 0 Å². The quantitative estimate of drug-likeness (QED) is 0.486. The second-order valence-electron chi connectivity index (χ2n) is 6.54. The first kappa shape index (κ1) is 16.8. The highest BCUT2D eigenvalue weighted by Gasteiger charge is 2.37. The molecule has 3 rings (SSSR count). The number of para-hydroxylation sites is 1. The topological polar surface area (TPSA) is 47.2 Å². The lowest BCUT2D eigenvalue weighted by atomic mass is 10.1. The largest absolute Gasteiger partial charge is 0.618 e. The van der Waals surface area contributed by atoms with Gasteiger partial charge in [-0.15, -0.1) is 0 Å². The van der Waals surface area contributed by atoms with Gasteiger partial charge in [0.15, 0.2) is 6.20 Å². The fourth-order valence-electron chi connectivity index (χ4n) is 3.14. The number of hydrogen-bond donors (Lipinski definition) is 0. The Labute approximate surface area is 147 Å². The van der Waals surface area contributed by atoms with E-state index in [0.29, 0.717) is 5.03 Å². The number of carbonyl (C=O) groups is 1. The number of rotatable bonds is 4. The number of aromatic nitrogens is 1. The van der Waals surface area contributed by atoms with E-state index in [1.165, 1.54) is 23.5 Å². The zero-order valence-electron chi connectivity index (χ0n) is 14.2. The van der Waals surface area contributed by atoms with E-state index in [4.69, 9.17) is 0 Å². The molecule has 2 heterocycles. The van der Waals surface area contributed by atoms with Crippen molar-refractivity contribution in [3.8, 4) is 0 Å². The molecule has 0 bridgehead atoms. The summed E-state index contributed by atoms with van der Waals surface area (Å²) >= 11 is 1.35. The van der Waals surface area contributed by atoms with Crippen LogP contribution in [0.3, 0.4) is 0 Å². The monoisotopic (exact) mass is 342 g/mol. The van der Waals surface area contributed by atoms with Crippen LogP contribution in [0.2, 0.25) is 0 Å². The molecule has 126 valence electrons. The first-order valence-electron chi connectivity index (χ1n) is 8.25. The van der Waals surface area contributed by atoms with Crippen LogP contribution in [-0.2, 0) is 11.2 Å². The summed E-state index contributed by atoms with van der Waals surface area (Å²) in [6.45, 7) is 6.14. The number of fused-ring (bicyclic) bond motifs is 1. The molecule has 1 aliphatic rings. The number of hydrogen-bond acceptors (Lipinski definition) is 3. The lowest BCUT2D eigenvalue weighted by Crippen LogP contribution is -2.44. The number of thioether (sulfide) groups is 1. The number of amides is 1. The van der Waals surface area contributed by atoms with Crippen LogP contribution >= 0.6 is 11.8 Å². The van der Waals surface area contributed by atoms with Crippen molar-refractivity contribution in [3.63, 3.8) is 0 Å². The van der Waals surface area contributed by atoms with Gasteiger partial charge in [0.2, 0.25) is 5.91 Å². The molecule has 2 aromatic rings. The highest BCUT2D eigenvalue weighted by molar-refractivity contribution is 8.00. The van der Waals surface area contributed by atoms with Gasteiger partial charge >= 0.3 is 0 Å². The van der Waals surface area contributed by atoms with E-state index in [1.807, 2.05) is 43.0 Å². The highest BCUT2D eigenvalue weighted by Crippen LogP contribution is 2.36. The summed E-state index contributed by atoms with van der Waals surface area (Å²) in [7, 11) is 0. The van der Waals surface area contributed by atoms with Gasteiger partial charge < -0.3 is 10.1 Å². The Morgan fingerprint density at radius 3 is 2.67 bits per heavy atom. The molecule has 0 saturated carbocycles. The first-order valence-corrected chi connectivity index (χ1v) is 9.13. The third-order valence-corrected chi connectivity index (χ3v) is 5.89. The maximum absolute atomic E-state index is 13.3. The molecule has 0 spiro atoms. The average molecular weight is 342 g/mol. The zero-order chi connectivity index (χ0) is 17.3. The molecule has 4 nitrogen and oxygen atoms in total. The number of benzene rings is 1. The molecular weight excluding hydrogens is 320 g/mol. The van der Waals surface area contributed by atoms with Crippen LogP contribution < -0.4 is 9.63 Å². The highest BCUT2D eigenvalue weighted by atomic mass is 32.2. The molecule has 1 aromatic carbocycles. The first-order chi connectivity index (χ1) is 11.5. The van der Waals surface area contributed by atoms with Gasteiger partial charge in [0.05, 0.1) is 5.25 Å². The minimum Gasteiger partial charge on any atom is -0.618 e. The molecule has 5 heteroatoms. The van der Waals surface area contributed by atoms with Crippen molar-refractivity contribution in [2.75, 3.05) is 4.90 Å². The second-order valence-corrected chi connectivity index (χ2v) is 7.70. The van der Waals surface area contributed by atoms with Gasteiger partial charge in [-0.3, -0.25) is 4.79 Å². The van der Waals surface area contributed by atoms with Gasteiger partial charge in [-0.2, -0.15) is 4.73 Å². The van der Waals surface area contributed by atoms with Gasteiger partial charge in [0.25, 0.3) is 5.03 Å². The van der Waals surface area contributed by atoms with Crippen LogP contribution in [0.4, 0.5) is 5.69 Å². The smallest absolute Gasteiger partial charge is 0.252 e. The minimum absolute atomic E-state index is 0.0799. The fourth-order valence-corrected chi connectivity index (χ4v) is 4.21. The van der Waals surface area contributed by atoms with E-state index in [-0.39, 0.29) is 23.1 Å². The van der Waals surface area contributed by atoms with Gasteiger partial charge in [0, 0.05) is 23.9 Å². The van der Waals surface area contributed by atoms with E-state index in [1.54, 1.807) is 12.1 Å². The van der Waals surface area contributed by atoms with Crippen LogP contribution in [0.25, 0.3) is 0 Å². The van der Waals surface area contributed by atoms with Crippen LogP contribution in [-0.4, -0.2) is 17.2 Å². The summed E-state index contributed by atoms with van der Waals surface area (Å²) in [5.41, 5.74) is 2.22. The number of anilines is 1. The summed E-state index contributed by atoms with van der Waals surface area (Å²) in [4.78, 5) is 15.2. The van der Waals surface area contributed by atoms with Crippen molar-refractivity contribution in [2.45, 2.75) is 43.5 Å². The van der Waals surface area contributed by atoms with E-state index >= 15 is 0 Å². The average Bonchev–Trinajstić information content (AvgIpc) is 2.89. The third kappa shape index (κ3) is 3.13. The molecular formula is C19H22N2O2S. The Kier molecular flexibility index (Phi) is 4.81. The van der Waals surface area contributed by atoms with E-state index in [0.717, 1.165) is 16.8 Å². The predicted octanol–water partition coefficient (Wildman–Crippen LogP) is 3.41. The molecule has 0 radical (unpaired) electrons. The van der Waals surface area contributed by atoms with E-state index in [9.17, 15) is 10.0 Å². The molecule has 1 amide bonds. The molecule has 2 atom stereocenters. The van der Waals surface area contributed by atoms with E-state index in [2.05, 4.69) is 13.0 Å². The summed E-state index contributed by atoms with van der Waals surface area (Å²) in [5.74, 6) is 0.207. The van der Waals surface area contributed by atoms with Crippen molar-refractivity contribution in [3.05, 3.63) is 59.4 Å². The lowest BCUT2D eigenvalue weighted by molar-refractivity contribution is -0.645. The Hall–Kier alpha value is -2.01. The molecule has 0 saturated heterocycles. The third-order valence-electron chi connectivity index (χ3n) is 4.33. The summed E-state index contributed by atoms with van der Waals surface area (Å²) in [6, 6.07) is 13.5. The molecule has 24 heavy (non-hydrogen) atoms. The predicted molar refractivity (Wildman–Crippen MR) is 97.0 cm³/mol. The van der Waals surface area contributed by atoms with E-state index < -0.39 is 0 Å². The van der Waals surface area contributed by atoms with Crippen molar-refractivity contribution < 1.29 is 9.52 Å². The van der Waals surface area contributed by atoms with Crippen LogP contribution in [0.15, 0.2) is 53.7 Å². The summed E-state index contributed by atoms with van der Waals surface area (Å²) in [5, 5.41) is 12.2. The molecule has 0 N–H and O–H groups in total. The van der Waals surface area contributed by atoms with Gasteiger partial charge in [-0.05, 0) is 48.7 Å². The SMILES string of the molecule is CC(C)[C@@H](Sc1cccc[n+]1[O-])C(=O)N1c2ccccc2C[C@@H]1C. The van der Waals surface area contributed by atoms with Gasteiger partial charge in [-0.25, -0.2) is 0 Å². The number of nitrogens with zero attached hydrogens (tertiary/aromatic N) is 2. The van der Waals surface area contributed by atoms with Crippen molar-refractivity contribution >= 4 is 23.4 Å². The molecule has 0 unspecified atom stereocenters. The standard InChI is InChI=1S/C19H22N2O2S/c1-13(2)18(24-17-10-6-7-11-20(17)23)19(22)21-14(3)12-15-8-4-5-9-16(15)21/h4-11,13-14,18H,12H2,1-3H3/t14-,18+/m0/s1. The minimum atomic E-state index is -0.291. The molecule has 1 aliphatic heterocycles. The summed E-state index contributed by atoms with van der Waals surface area (Å²) < 4.78 is 0.828. The molecule has 0 fully saturated rings. The fraction of sp³-hybridized carbons (Fsp3) is 0.368. The zero-order valence-corrected chi connectivity index (χ0v) is 15.0. The maximum Gasteiger partial charge on any atom is 0.252 e. The van der Waals surface area contributed by atoms with Crippen LogP contribution in [0.5, 0.6) is 0 Å². The van der Waals surface area contributed by atoms with Gasteiger partial charge in [-0.1, -0.05) is 32.0 Å². The Morgan fingerprint density at radius 2 is 1.96 bits per heavy atom. The Morgan fingerprint density at radius 1 is 1.25 bits per heavy atom. The second kappa shape index (κ2) is 6.85. The Bertz CT molecular complexity index is 748.